The Morgan fingerprint density at radius 1 is 1.20 bits per heavy atom. The largest absolute Gasteiger partial charge is 0.309 e. The van der Waals surface area contributed by atoms with Crippen LogP contribution >= 0.6 is 0 Å². The Morgan fingerprint density at radius 3 is 2.63 bits per heavy atom. The number of halogens is 1. The van der Waals surface area contributed by atoms with Crippen LogP contribution in [-0.2, 0) is 16.4 Å². The molecule has 0 saturated carbocycles. The van der Waals surface area contributed by atoms with Crippen molar-refractivity contribution in [3.05, 3.63) is 53.7 Å². The van der Waals surface area contributed by atoms with Gasteiger partial charge in [0.25, 0.3) is 0 Å². The van der Waals surface area contributed by atoms with Crippen LogP contribution in [0, 0.1) is 18.7 Å². The van der Waals surface area contributed by atoms with Gasteiger partial charge in [0.2, 0.25) is 10.0 Å². The number of aryl methyl sites for hydroxylation is 1. The molecule has 1 fully saturated rings. The molecule has 1 aliphatic rings. The molecule has 30 heavy (non-hydrogen) atoms. The highest BCUT2D eigenvalue weighted by Crippen LogP contribution is 2.32. The third-order valence-corrected chi connectivity index (χ3v) is 7.71. The predicted octanol–water partition coefficient (Wildman–Crippen LogP) is 4.10. The Kier molecular flexibility index (Phi) is 5.63. The maximum atomic E-state index is 13.7. The average Bonchev–Trinajstić information content (AvgIpc) is 3.07. The summed E-state index contributed by atoms with van der Waals surface area (Å²) in [6, 6.07) is 7.90. The van der Waals surface area contributed by atoms with E-state index in [9.17, 15) is 12.8 Å². The molecule has 8 heteroatoms. The molecule has 1 aromatic carbocycles. The van der Waals surface area contributed by atoms with Crippen LogP contribution in [0.1, 0.15) is 44.1 Å². The summed E-state index contributed by atoms with van der Waals surface area (Å²) in [7, 11) is -3.73. The summed E-state index contributed by atoms with van der Waals surface area (Å²) < 4.78 is 43.6. The molecule has 3 aromatic rings. The summed E-state index contributed by atoms with van der Waals surface area (Å²) in [5, 5.41) is 0. The molecule has 0 atom stereocenters. The van der Waals surface area contributed by atoms with Crippen molar-refractivity contribution < 1.29 is 12.8 Å². The van der Waals surface area contributed by atoms with E-state index in [1.807, 2.05) is 12.1 Å². The number of piperidine rings is 1. The Bertz CT molecular complexity index is 1170. The van der Waals surface area contributed by atoms with E-state index in [4.69, 9.17) is 4.98 Å². The highest BCUT2D eigenvalue weighted by molar-refractivity contribution is 7.89. The van der Waals surface area contributed by atoms with E-state index in [0.717, 1.165) is 29.5 Å². The Morgan fingerprint density at radius 2 is 1.93 bits per heavy atom. The summed E-state index contributed by atoms with van der Waals surface area (Å²) in [5.41, 5.74) is 2.29. The molecular weight excluding hydrogens is 403 g/mol. The van der Waals surface area contributed by atoms with Crippen molar-refractivity contribution in [1.82, 2.24) is 18.8 Å². The zero-order valence-electron chi connectivity index (χ0n) is 17.5. The van der Waals surface area contributed by atoms with Crippen LogP contribution in [0.2, 0.25) is 0 Å². The van der Waals surface area contributed by atoms with Gasteiger partial charge in [0.05, 0.1) is 4.90 Å². The second kappa shape index (κ2) is 8.07. The summed E-state index contributed by atoms with van der Waals surface area (Å²) in [6.45, 7) is 6.79. The van der Waals surface area contributed by atoms with Crippen LogP contribution in [-0.4, -0.2) is 40.3 Å². The van der Waals surface area contributed by atoms with Crippen molar-refractivity contribution in [3.8, 4) is 0 Å². The van der Waals surface area contributed by atoms with Crippen molar-refractivity contribution in [2.24, 2.45) is 5.92 Å². The SMILES string of the molecule is Cc1ccc(F)cc1S(=O)(=O)N1CCC(n2c(CC(C)C)nc3cccnc32)CC1. The lowest BCUT2D eigenvalue weighted by atomic mass is 10.1. The molecule has 2 aromatic heterocycles. The number of pyridine rings is 1. The maximum Gasteiger partial charge on any atom is 0.243 e. The lowest BCUT2D eigenvalue weighted by Crippen LogP contribution is -2.39. The van der Waals surface area contributed by atoms with E-state index in [2.05, 4.69) is 23.4 Å². The van der Waals surface area contributed by atoms with Gasteiger partial charge in [0.15, 0.2) is 5.65 Å². The van der Waals surface area contributed by atoms with Gasteiger partial charge in [0.1, 0.15) is 17.2 Å². The summed E-state index contributed by atoms with van der Waals surface area (Å²) in [6.07, 6.45) is 3.95. The smallest absolute Gasteiger partial charge is 0.243 e. The van der Waals surface area contributed by atoms with Gasteiger partial charge in [-0.25, -0.2) is 22.8 Å². The molecule has 0 N–H and O–H groups in total. The van der Waals surface area contributed by atoms with E-state index in [1.165, 1.54) is 16.4 Å². The van der Waals surface area contributed by atoms with Gasteiger partial charge >= 0.3 is 0 Å². The highest BCUT2D eigenvalue weighted by Gasteiger charge is 2.32. The average molecular weight is 431 g/mol. The van der Waals surface area contributed by atoms with Crippen LogP contribution in [0.5, 0.6) is 0 Å². The third-order valence-electron chi connectivity index (χ3n) is 5.67. The van der Waals surface area contributed by atoms with Crippen LogP contribution in [0.3, 0.4) is 0 Å². The molecule has 0 spiro atoms. The van der Waals surface area contributed by atoms with Gasteiger partial charge in [-0.2, -0.15) is 4.31 Å². The van der Waals surface area contributed by atoms with E-state index in [-0.39, 0.29) is 10.9 Å². The predicted molar refractivity (Wildman–Crippen MR) is 114 cm³/mol. The fraction of sp³-hybridized carbons (Fsp3) is 0.455. The van der Waals surface area contributed by atoms with Crippen LogP contribution in [0.15, 0.2) is 41.4 Å². The molecule has 0 aliphatic carbocycles. The monoisotopic (exact) mass is 430 g/mol. The van der Waals surface area contributed by atoms with Crippen molar-refractivity contribution >= 4 is 21.2 Å². The molecular formula is C22H27FN4O2S. The summed E-state index contributed by atoms with van der Waals surface area (Å²) >= 11 is 0. The number of sulfonamides is 1. The molecule has 3 heterocycles. The minimum atomic E-state index is -3.73. The number of fused-ring (bicyclic) bond motifs is 1. The topological polar surface area (TPSA) is 68.1 Å². The minimum Gasteiger partial charge on any atom is -0.309 e. The quantitative estimate of drug-likeness (QED) is 0.611. The van der Waals surface area contributed by atoms with Crippen LogP contribution in [0.4, 0.5) is 4.39 Å². The number of nitrogens with zero attached hydrogens (tertiary/aromatic N) is 4. The number of rotatable bonds is 5. The van der Waals surface area contributed by atoms with Crippen molar-refractivity contribution in [2.75, 3.05) is 13.1 Å². The van der Waals surface area contributed by atoms with E-state index in [0.29, 0.717) is 37.4 Å². The first kappa shape index (κ1) is 20.9. The van der Waals surface area contributed by atoms with Crippen molar-refractivity contribution in [2.45, 2.75) is 51.0 Å². The first-order chi connectivity index (χ1) is 14.3. The standard InChI is InChI=1S/C22H27FN4O2S/c1-15(2)13-21-25-19-5-4-10-24-22(19)27(21)18-8-11-26(12-9-18)30(28,29)20-14-17(23)7-6-16(20)3/h4-7,10,14-15,18H,8-9,11-13H2,1-3H3. The third kappa shape index (κ3) is 3.86. The number of aromatic nitrogens is 3. The second-order valence-electron chi connectivity index (χ2n) is 8.39. The van der Waals surface area contributed by atoms with Crippen LogP contribution < -0.4 is 0 Å². The maximum absolute atomic E-state index is 13.7. The molecule has 160 valence electrons. The molecule has 4 rings (SSSR count). The van der Waals surface area contributed by atoms with Gasteiger partial charge < -0.3 is 4.57 Å². The Hall–Kier alpha value is -2.32. The van der Waals surface area contributed by atoms with Gasteiger partial charge in [-0.3, -0.25) is 0 Å². The molecule has 0 unspecified atom stereocenters. The number of benzene rings is 1. The Balaban J connectivity index is 1.60. The molecule has 1 aliphatic heterocycles. The first-order valence-electron chi connectivity index (χ1n) is 10.4. The van der Waals surface area contributed by atoms with E-state index in [1.54, 1.807) is 13.1 Å². The summed E-state index contributed by atoms with van der Waals surface area (Å²) in [4.78, 5) is 9.39. The van der Waals surface area contributed by atoms with Gasteiger partial charge in [-0.05, 0) is 55.5 Å². The number of imidazole rings is 1. The Labute approximate surface area is 176 Å². The van der Waals surface area contributed by atoms with Crippen LogP contribution in [0.25, 0.3) is 11.2 Å². The minimum absolute atomic E-state index is 0.0520. The van der Waals surface area contributed by atoms with E-state index < -0.39 is 15.8 Å². The van der Waals surface area contributed by atoms with Gasteiger partial charge in [0, 0.05) is 31.7 Å². The number of hydrogen-bond donors (Lipinski definition) is 0. The molecule has 1 saturated heterocycles. The molecule has 6 nitrogen and oxygen atoms in total. The lowest BCUT2D eigenvalue weighted by molar-refractivity contribution is 0.272. The molecule has 0 amide bonds. The molecule has 0 bridgehead atoms. The number of hydrogen-bond acceptors (Lipinski definition) is 4. The summed E-state index contributed by atoms with van der Waals surface area (Å²) in [5.74, 6) is 0.918. The van der Waals surface area contributed by atoms with Crippen molar-refractivity contribution in [1.29, 1.82) is 0 Å². The normalized spacial score (nSPS) is 16.6. The highest BCUT2D eigenvalue weighted by atomic mass is 32.2. The van der Waals surface area contributed by atoms with Gasteiger partial charge in [-0.1, -0.05) is 19.9 Å². The fourth-order valence-corrected chi connectivity index (χ4v) is 5.91. The van der Waals surface area contributed by atoms with Crippen molar-refractivity contribution in [3.63, 3.8) is 0 Å². The molecule has 0 radical (unpaired) electrons. The fourth-order valence-electron chi connectivity index (χ4n) is 4.20. The second-order valence-corrected chi connectivity index (χ2v) is 10.3. The van der Waals surface area contributed by atoms with E-state index >= 15 is 0 Å². The first-order valence-corrected chi connectivity index (χ1v) is 11.8. The zero-order chi connectivity index (χ0) is 21.5. The zero-order valence-corrected chi connectivity index (χ0v) is 18.4. The van der Waals surface area contributed by atoms with Gasteiger partial charge in [-0.15, -0.1) is 0 Å². The lowest BCUT2D eigenvalue weighted by Gasteiger charge is -2.33.